The second kappa shape index (κ2) is 7.30. The Hall–Kier alpha value is -2.62. The van der Waals surface area contributed by atoms with E-state index >= 15 is 0 Å². The van der Waals surface area contributed by atoms with Crippen LogP contribution in [0.15, 0.2) is 48.5 Å². The Bertz CT molecular complexity index is 727. The SMILES string of the molecule is CCOC(=O)c1cccc(NC(=O)c2ccc(C(C)(C)C)cc2)c1. The highest BCUT2D eigenvalue weighted by atomic mass is 16.5. The number of hydrogen-bond donors (Lipinski definition) is 1. The lowest BCUT2D eigenvalue weighted by Crippen LogP contribution is -2.14. The molecule has 0 saturated carbocycles. The minimum absolute atomic E-state index is 0.0446. The van der Waals surface area contributed by atoms with Crippen molar-refractivity contribution in [3.05, 3.63) is 65.2 Å². The van der Waals surface area contributed by atoms with Crippen LogP contribution in [0.5, 0.6) is 0 Å². The van der Waals surface area contributed by atoms with Gasteiger partial charge in [-0.1, -0.05) is 39.0 Å². The number of carbonyl (C=O) groups excluding carboxylic acids is 2. The van der Waals surface area contributed by atoms with E-state index in [1.807, 2.05) is 24.3 Å². The molecule has 2 rings (SSSR count). The van der Waals surface area contributed by atoms with Gasteiger partial charge in [0.25, 0.3) is 5.91 Å². The number of hydrogen-bond acceptors (Lipinski definition) is 3. The highest BCUT2D eigenvalue weighted by molar-refractivity contribution is 6.04. The molecule has 0 unspecified atom stereocenters. The van der Waals surface area contributed by atoms with Gasteiger partial charge >= 0.3 is 5.97 Å². The van der Waals surface area contributed by atoms with Crippen molar-refractivity contribution < 1.29 is 14.3 Å². The molecule has 0 spiro atoms. The molecule has 1 amide bonds. The van der Waals surface area contributed by atoms with Crippen molar-refractivity contribution in [3.63, 3.8) is 0 Å². The third-order valence-electron chi connectivity index (χ3n) is 3.64. The highest BCUT2D eigenvalue weighted by Gasteiger charge is 2.14. The summed E-state index contributed by atoms with van der Waals surface area (Å²) in [4.78, 5) is 24.1. The van der Waals surface area contributed by atoms with Crippen molar-refractivity contribution in [2.24, 2.45) is 0 Å². The number of amides is 1. The Morgan fingerprint density at radius 3 is 2.25 bits per heavy atom. The van der Waals surface area contributed by atoms with E-state index in [0.717, 1.165) is 0 Å². The number of benzene rings is 2. The van der Waals surface area contributed by atoms with E-state index in [9.17, 15) is 9.59 Å². The maximum absolute atomic E-state index is 12.4. The summed E-state index contributed by atoms with van der Waals surface area (Å²) in [6.45, 7) is 8.45. The van der Waals surface area contributed by atoms with E-state index in [1.165, 1.54) is 5.56 Å². The Kier molecular flexibility index (Phi) is 5.39. The first-order chi connectivity index (χ1) is 11.3. The third-order valence-corrected chi connectivity index (χ3v) is 3.64. The average molecular weight is 325 g/mol. The van der Waals surface area contributed by atoms with Crippen LogP contribution >= 0.6 is 0 Å². The fourth-order valence-corrected chi connectivity index (χ4v) is 2.26. The fraction of sp³-hybridized carbons (Fsp3) is 0.300. The van der Waals surface area contributed by atoms with Gasteiger partial charge in [0.05, 0.1) is 12.2 Å². The molecule has 4 heteroatoms. The molecule has 126 valence electrons. The van der Waals surface area contributed by atoms with Gasteiger partial charge in [-0.3, -0.25) is 4.79 Å². The molecule has 0 radical (unpaired) electrons. The van der Waals surface area contributed by atoms with E-state index in [0.29, 0.717) is 23.4 Å². The van der Waals surface area contributed by atoms with Gasteiger partial charge in [0, 0.05) is 11.3 Å². The molecule has 2 aromatic rings. The van der Waals surface area contributed by atoms with Gasteiger partial charge < -0.3 is 10.1 Å². The summed E-state index contributed by atoms with van der Waals surface area (Å²) >= 11 is 0. The van der Waals surface area contributed by atoms with E-state index in [1.54, 1.807) is 31.2 Å². The summed E-state index contributed by atoms with van der Waals surface area (Å²) in [5.74, 6) is -0.611. The van der Waals surface area contributed by atoms with Crippen molar-refractivity contribution in [1.82, 2.24) is 0 Å². The van der Waals surface area contributed by atoms with Crippen molar-refractivity contribution in [1.29, 1.82) is 0 Å². The van der Waals surface area contributed by atoms with Crippen LogP contribution in [0.2, 0.25) is 0 Å². The van der Waals surface area contributed by atoms with Crippen LogP contribution in [-0.2, 0) is 10.2 Å². The Balaban J connectivity index is 2.12. The van der Waals surface area contributed by atoms with Crippen molar-refractivity contribution >= 4 is 17.6 Å². The first-order valence-electron chi connectivity index (χ1n) is 8.00. The summed E-state index contributed by atoms with van der Waals surface area (Å²) in [6.07, 6.45) is 0. The van der Waals surface area contributed by atoms with Crippen molar-refractivity contribution in [3.8, 4) is 0 Å². The second-order valence-corrected chi connectivity index (χ2v) is 6.58. The standard InChI is InChI=1S/C20H23NO3/c1-5-24-19(23)15-7-6-8-17(13-15)21-18(22)14-9-11-16(12-10-14)20(2,3)4/h6-13H,5H2,1-4H3,(H,21,22). The van der Waals surface area contributed by atoms with Gasteiger partial charge in [-0.2, -0.15) is 0 Å². The molecule has 0 atom stereocenters. The molecule has 0 aliphatic carbocycles. The third kappa shape index (κ3) is 4.44. The minimum Gasteiger partial charge on any atom is -0.462 e. The second-order valence-electron chi connectivity index (χ2n) is 6.58. The molecule has 2 aromatic carbocycles. The summed E-state index contributed by atoms with van der Waals surface area (Å²) in [5, 5.41) is 2.81. The number of anilines is 1. The predicted molar refractivity (Wildman–Crippen MR) is 95.5 cm³/mol. The molecular weight excluding hydrogens is 302 g/mol. The molecule has 4 nitrogen and oxygen atoms in total. The van der Waals surface area contributed by atoms with Gasteiger partial charge in [0.2, 0.25) is 0 Å². The van der Waals surface area contributed by atoms with Crippen LogP contribution in [-0.4, -0.2) is 18.5 Å². The summed E-state index contributed by atoms with van der Waals surface area (Å²) in [5.41, 5.74) is 2.76. The van der Waals surface area contributed by atoms with E-state index in [-0.39, 0.29) is 11.3 Å². The Morgan fingerprint density at radius 2 is 1.67 bits per heavy atom. The van der Waals surface area contributed by atoms with Crippen LogP contribution in [0.1, 0.15) is 54.0 Å². The summed E-state index contributed by atoms with van der Waals surface area (Å²) in [7, 11) is 0. The van der Waals surface area contributed by atoms with Gasteiger partial charge in [-0.25, -0.2) is 4.79 Å². The quantitative estimate of drug-likeness (QED) is 0.847. The van der Waals surface area contributed by atoms with Crippen LogP contribution < -0.4 is 5.32 Å². The predicted octanol–water partition coefficient (Wildman–Crippen LogP) is 4.41. The lowest BCUT2D eigenvalue weighted by Gasteiger charge is -2.19. The monoisotopic (exact) mass is 325 g/mol. The van der Waals surface area contributed by atoms with Crippen LogP contribution in [0.25, 0.3) is 0 Å². The van der Waals surface area contributed by atoms with Gasteiger partial charge in [-0.15, -0.1) is 0 Å². The molecule has 0 aliphatic rings. The molecule has 0 aromatic heterocycles. The lowest BCUT2D eigenvalue weighted by atomic mass is 9.87. The highest BCUT2D eigenvalue weighted by Crippen LogP contribution is 2.22. The van der Waals surface area contributed by atoms with Crippen molar-refractivity contribution in [2.75, 3.05) is 11.9 Å². The molecule has 0 saturated heterocycles. The van der Waals surface area contributed by atoms with Gasteiger partial charge in [0.15, 0.2) is 0 Å². The smallest absolute Gasteiger partial charge is 0.338 e. The summed E-state index contributed by atoms with van der Waals surface area (Å²) < 4.78 is 4.97. The molecule has 0 fully saturated rings. The molecule has 0 heterocycles. The van der Waals surface area contributed by atoms with E-state index < -0.39 is 5.97 Å². The minimum atomic E-state index is -0.400. The van der Waals surface area contributed by atoms with E-state index in [4.69, 9.17) is 4.74 Å². The first-order valence-corrected chi connectivity index (χ1v) is 8.00. The zero-order valence-corrected chi connectivity index (χ0v) is 14.6. The zero-order valence-electron chi connectivity index (χ0n) is 14.6. The number of carbonyl (C=O) groups is 2. The first kappa shape index (κ1) is 17.7. The largest absolute Gasteiger partial charge is 0.462 e. The van der Waals surface area contributed by atoms with Crippen LogP contribution in [0.3, 0.4) is 0 Å². The van der Waals surface area contributed by atoms with Crippen LogP contribution in [0.4, 0.5) is 5.69 Å². The zero-order chi connectivity index (χ0) is 17.7. The normalized spacial score (nSPS) is 11.0. The number of esters is 1. The molecule has 0 aliphatic heterocycles. The molecule has 1 N–H and O–H groups in total. The lowest BCUT2D eigenvalue weighted by molar-refractivity contribution is 0.0526. The molecule has 0 bridgehead atoms. The molecular formula is C20H23NO3. The van der Waals surface area contributed by atoms with Crippen LogP contribution in [0, 0.1) is 0 Å². The van der Waals surface area contributed by atoms with E-state index in [2.05, 4.69) is 26.1 Å². The Morgan fingerprint density at radius 1 is 1.00 bits per heavy atom. The Labute approximate surface area is 142 Å². The maximum Gasteiger partial charge on any atom is 0.338 e. The number of nitrogens with one attached hydrogen (secondary N) is 1. The summed E-state index contributed by atoms with van der Waals surface area (Å²) in [6, 6.07) is 14.3. The number of rotatable bonds is 4. The van der Waals surface area contributed by atoms with Crippen molar-refractivity contribution in [2.45, 2.75) is 33.1 Å². The van der Waals surface area contributed by atoms with Gasteiger partial charge in [0.1, 0.15) is 0 Å². The molecule has 24 heavy (non-hydrogen) atoms. The average Bonchev–Trinajstić information content (AvgIpc) is 2.54. The topological polar surface area (TPSA) is 55.4 Å². The van der Waals surface area contributed by atoms with Gasteiger partial charge in [-0.05, 0) is 48.2 Å². The fourth-order valence-electron chi connectivity index (χ4n) is 2.26. The maximum atomic E-state index is 12.4. The number of ether oxygens (including phenoxy) is 1.